The highest BCUT2D eigenvalue weighted by Gasteiger charge is 2.43. The van der Waals surface area contributed by atoms with Crippen LogP contribution in [0.3, 0.4) is 0 Å². The summed E-state index contributed by atoms with van der Waals surface area (Å²) in [6, 6.07) is 2.92. The predicted molar refractivity (Wildman–Crippen MR) is 132 cm³/mol. The van der Waals surface area contributed by atoms with Crippen LogP contribution in [0.15, 0.2) is 36.9 Å². The summed E-state index contributed by atoms with van der Waals surface area (Å²) in [6.45, 7) is 5.74. The van der Waals surface area contributed by atoms with Gasteiger partial charge in [0.2, 0.25) is 5.82 Å². The Bertz CT molecular complexity index is 884. The van der Waals surface area contributed by atoms with Crippen LogP contribution < -0.4 is 4.74 Å². The van der Waals surface area contributed by atoms with Crippen LogP contribution in [0.2, 0.25) is 0 Å². The average Bonchev–Trinajstić information content (AvgIpc) is 2.86. The van der Waals surface area contributed by atoms with E-state index in [0.29, 0.717) is 24.7 Å². The van der Waals surface area contributed by atoms with Gasteiger partial charge < -0.3 is 4.74 Å². The first-order chi connectivity index (χ1) is 16.5. The number of aryl methyl sites for hydroxylation is 1. The third kappa shape index (κ3) is 5.63. The monoisotopic (exact) mass is 470 g/mol. The van der Waals surface area contributed by atoms with Crippen molar-refractivity contribution >= 4 is 5.97 Å². The fourth-order valence-corrected chi connectivity index (χ4v) is 7.09. The Hall–Kier alpha value is -1.97. The van der Waals surface area contributed by atoms with Gasteiger partial charge >= 0.3 is 5.97 Å². The quantitative estimate of drug-likeness (QED) is 0.228. The molecule has 0 spiro atoms. The molecular weight excluding hydrogens is 430 g/mol. The van der Waals surface area contributed by atoms with Crippen LogP contribution in [0, 0.1) is 47.1 Å². The van der Waals surface area contributed by atoms with Gasteiger partial charge in [-0.1, -0.05) is 37.1 Å². The summed E-state index contributed by atoms with van der Waals surface area (Å²) in [5.41, 5.74) is 0.285. The van der Waals surface area contributed by atoms with Crippen molar-refractivity contribution in [2.75, 3.05) is 0 Å². The minimum absolute atomic E-state index is 0.201. The first kappa shape index (κ1) is 25.1. The first-order valence-electron chi connectivity index (χ1n) is 13.4. The van der Waals surface area contributed by atoms with Gasteiger partial charge in [0.25, 0.3) is 0 Å². The van der Waals surface area contributed by atoms with Gasteiger partial charge in [-0.15, -0.1) is 6.58 Å². The molecule has 0 radical (unpaired) electrons. The molecule has 3 saturated carbocycles. The molecule has 4 unspecified atom stereocenters. The van der Waals surface area contributed by atoms with Crippen molar-refractivity contribution in [3.05, 3.63) is 54.1 Å². The smallest absolute Gasteiger partial charge is 0.314 e. The second-order valence-corrected chi connectivity index (χ2v) is 10.8. The maximum Gasteiger partial charge on any atom is 0.314 e. The number of allylic oxidation sites excluding steroid dienone is 3. The highest BCUT2D eigenvalue weighted by atomic mass is 19.2. The summed E-state index contributed by atoms with van der Waals surface area (Å²) in [6.07, 6.45) is 18.9. The molecule has 0 bridgehead atoms. The number of fused-ring (bicyclic) bond motifs is 1. The zero-order valence-electron chi connectivity index (χ0n) is 20.6. The van der Waals surface area contributed by atoms with Gasteiger partial charge in [0.15, 0.2) is 11.6 Å². The van der Waals surface area contributed by atoms with Gasteiger partial charge in [-0.05, 0) is 112 Å². The van der Waals surface area contributed by atoms with Crippen LogP contribution in [-0.4, -0.2) is 5.97 Å². The molecule has 4 rings (SSSR count). The molecule has 4 atom stereocenters. The molecule has 4 heteroatoms. The first-order valence-corrected chi connectivity index (χ1v) is 13.4. The molecule has 0 N–H and O–H groups in total. The number of esters is 1. The lowest BCUT2D eigenvalue weighted by molar-refractivity contribution is -0.144. The summed E-state index contributed by atoms with van der Waals surface area (Å²) in [7, 11) is 0. The molecule has 0 saturated heterocycles. The van der Waals surface area contributed by atoms with E-state index in [4.69, 9.17) is 4.74 Å². The lowest BCUT2D eigenvalue weighted by atomic mass is 9.59. The van der Waals surface area contributed by atoms with Gasteiger partial charge in [-0.3, -0.25) is 4.79 Å². The molecule has 0 aliphatic heterocycles. The number of hydrogen-bond donors (Lipinski definition) is 0. The minimum atomic E-state index is -1.06. The normalized spacial score (nSPS) is 31.7. The summed E-state index contributed by atoms with van der Waals surface area (Å²) in [4.78, 5) is 13.1. The van der Waals surface area contributed by atoms with E-state index < -0.39 is 11.6 Å². The Morgan fingerprint density at radius 2 is 1.76 bits per heavy atom. The molecule has 3 aliphatic rings. The zero-order valence-corrected chi connectivity index (χ0v) is 20.6. The van der Waals surface area contributed by atoms with Crippen LogP contribution >= 0.6 is 0 Å². The number of carbonyl (C=O) groups excluding carboxylic acids is 1. The van der Waals surface area contributed by atoms with Crippen LogP contribution in [0.5, 0.6) is 5.75 Å². The van der Waals surface area contributed by atoms with Gasteiger partial charge in [0.1, 0.15) is 0 Å². The van der Waals surface area contributed by atoms with Gasteiger partial charge in [0, 0.05) is 0 Å². The van der Waals surface area contributed by atoms with Crippen molar-refractivity contribution in [2.45, 2.75) is 84.0 Å². The van der Waals surface area contributed by atoms with Crippen LogP contribution in [0.25, 0.3) is 0 Å². The molecule has 0 heterocycles. The molecule has 34 heavy (non-hydrogen) atoms. The summed E-state index contributed by atoms with van der Waals surface area (Å²) in [5, 5.41) is 0. The fourth-order valence-electron chi connectivity index (χ4n) is 7.09. The Morgan fingerprint density at radius 1 is 1.00 bits per heavy atom. The molecule has 0 amide bonds. The highest BCUT2D eigenvalue weighted by molar-refractivity contribution is 5.75. The summed E-state index contributed by atoms with van der Waals surface area (Å²) in [5.74, 6) is 0.399. The van der Waals surface area contributed by atoms with Gasteiger partial charge in [-0.2, -0.15) is 4.39 Å². The number of rotatable bonds is 7. The lowest BCUT2D eigenvalue weighted by Gasteiger charge is -2.45. The van der Waals surface area contributed by atoms with Gasteiger partial charge in [0.05, 0.1) is 5.92 Å². The molecule has 1 aromatic rings. The van der Waals surface area contributed by atoms with Crippen molar-refractivity contribution in [3.63, 3.8) is 0 Å². The van der Waals surface area contributed by atoms with E-state index in [-0.39, 0.29) is 23.2 Å². The molecular formula is C30H40F2O2. The number of hydrogen-bond acceptors (Lipinski definition) is 2. The molecule has 0 aromatic heterocycles. The van der Waals surface area contributed by atoms with E-state index in [1.54, 1.807) is 6.08 Å². The molecule has 1 aromatic carbocycles. The Balaban J connectivity index is 1.36. The maximum absolute atomic E-state index is 14.6. The SMILES string of the molecule is C=CCCc1ccc(OC(=O)C2CCCC3CC(C4CCC(/C=C/C)CC4)CCC32)c(F)c1F. The lowest BCUT2D eigenvalue weighted by Crippen LogP contribution is -2.40. The molecule has 3 fully saturated rings. The summed E-state index contributed by atoms with van der Waals surface area (Å²) >= 11 is 0. The number of halogens is 2. The Kier molecular flexibility index (Phi) is 8.60. The Morgan fingerprint density at radius 3 is 2.50 bits per heavy atom. The van der Waals surface area contributed by atoms with Crippen LogP contribution in [-0.2, 0) is 11.2 Å². The number of ether oxygens (including phenoxy) is 1. The zero-order chi connectivity index (χ0) is 24.1. The third-order valence-electron chi connectivity index (χ3n) is 8.89. The molecule has 2 nitrogen and oxygen atoms in total. The Labute approximate surface area is 203 Å². The van der Waals surface area contributed by atoms with Crippen molar-refractivity contribution in [3.8, 4) is 5.75 Å². The van der Waals surface area contributed by atoms with Crippen molar-refractivity contribution in [1.82, 2.24) is 0 Å². The highest BCUT2D eigenvalue weighted by Crippen LogP contribution is 2.50. The maximum atomic E-state index is 14.6. The number of benzene rings is 1. The predicted octanol–water partition coefficient (Wildman–Crippen LogP) is 8.20. The standard InChI is InChI=1S/C30H40F2O2/c1-3-5-8-22-16-18-27(29(32)28(22)31)34-30(33)26-10-6-9-24-19-23(15-17-25(24)26)21-13-11-20(7-4-2)12-14-21/h3-4,7,16,18,20-21,23-26H,1,5-6,8-15,17,19H2,2H3/b7-4+. The van der Waals surface area contributed by atoms with E-state index in [1.807, 2.05) is 0 Å². The van der Waals surface area contributed by atoms with Crippen LogP contribution in [0.1, 0.15) is 83.1 Å². The van der Waals surface area contributed by atoms with Crippen molar-refractivity contribution < 1.29 is 18.3 Å². The topological polar surface area (TPSA) is 26.3 Å². The molecule has 186 valence electrons. The third-order valence-corrected chi connectivity index (χ3v) is 8.89. The summed E-state index contributed by atoms with van der Waals surface area (Å²) < 4.78 is 34.5. The van der Waals surface area contributed by atoms with Crippen molar-refractivity contribution in [2.24, 2.45) is 35.5 Å². The van der Waals surface area contributed by atoms with Gasteiger partial charge in [-0.25, -0.2) is 4.39 Å². The van der Waals surface area contributed by atoms with E-state index in [2.05, 4.69) is 25.7 Å². The molecule has 3 aliphatic carbocycles. The average molecular weight is 471 g/mol. The number of carbonyl (C=O) groups is 1. The second kappa shape index (κ2) is 11.6. The van der Waals surface area contributed by atoms with Crippen LogP contribution in [0.4, 0.5) is 8.78 Å². The second-order valence-electron chi connectivity index (χ2n) is 10.8. The van der Waals surface area contributed by atoms with E-state index in [0.717, 1.165) is 37.0 Å². The minimum Gasteiger partial charge on any atom is -0.423 e. The fraction of sp³-hybridized carbons (Fsp3) is 0.633. The van der Waals surface area contributed by atoms with E-state index in [1.165, 1.54) is 57.1 Å². The van der Waals surface area contributed by atoms with Crippen molar-refractivity contribution in [1.29, 1.82) is 0 Å². The van der Waals surface area contributed by atoms with E-state index in [9.17, 15) is 13.6 Å². The van der Waals surface area contributed by atoms with E-state index >= 15 is 0 Å². The largest absolute Gasteiger partial charge is 0.423 e.